The summed E-state index contributed by atoms with van der Waals surface area (Å²) in [5.41, 5.74) is 0.676. The molecule has 0 aliphatic heterocycles. The number of anilines is 1. The van der Waals surface area contributed by atoms with Gasteiger partial charge in [0.25, 0.3) is 0 Å². The third-order valence-corrected chi connectivity index (χ3v) is 2.48. The fourth-order valence-corrected chi connectivity index (χ4v) is 1.32. The van der Waals surface area contributed by atoms with Crippen LogP contribution < -0.4 is 5.32 Å². The number of benzene rings is 1. The van der Waals surface area contributed by atoms with Gasteiger partial charge in [-0.3, -0.25) is 0 Å². The Kier molecular flexibility index (Phi) is 5.06. The third kappa shape index (κ3) is 3.80. The average Bonchev–Trinajstić information content (AvgIpc) is 2.35. The number of halogens is 1. The van der Waals surface area contributed by atoms with Gasteiger partial charge in [-0.25, -0.2) is 4.79 Å². The quantitative estimate of drug-likeness (QED) is 0.421. The molecular weight excluding hydrogens is 246 g/mol. The van der Waals surface area contributed by atoms with Crippen LogP contribution in [0.3, 0.4) is 0 Å². The van der Waals surface area contributed by atoms with Gasteiger partial charge in [-0.15, -0.1) is 11.6 Å². The van der Waals surface area contributed by atoms with Crippen molar-refractivity contribution in [2.24, 2.45) is 0 Å². The SMILES string of the molecule is COC(=O)c1ccc(NCC(O)CCl)c(O)c1. The molecule has 3 N–H and O–H groups in total. The lowest BCUT2D eigenvalue weighted by molar-refractivity contribution is 0.0600. The Labute approximate surface area is 104 Å². The largest absolute Gasteiger partial charge is 0.506 e. The summed E-state index contributed by atoms with van der Waals surface area (Å²) < 4.78 is 4.52. The first-order valence-electron chi connectivity index (χ1n) is 4.97. The van der Waals surface area contributed by atoms with E-state index in [1.807, 2.05) is 0 Å². The van der Waals surface area contributed by atoms with Crippen molar-refractivity contribution in [3.8, 4) is 5.75 Å². The van der Waals surface area contributed by atoms with Crippen molar-refractivity contribution in [1.82, 2.24) is 0 Å². The number of phenols is 1. The van der Waals surface area contributed by atoms with Crippen LogP contribution >= 0.6 is 11.6 Å². The minimum atomic E-state index is -0.698. The smallest absolute Gasteiger partial charge is 0.337 e. The molecule has 94 valence electrons. The molecule has 1 atom stereocenters. The fraction of sp³-hybridized carbons (Fsp3) is 0.364. The third-order valence-electron chi connectivity index (χ3n) is 2.13. The number of ether oxygens (including phenoxy) is 1. The van der Waals surface area contributed by atoms with Crippen LogP contribution in [0.4, 0.5) is 5.69 Å². The van der Waals surface area contributed by atoms with Crippen LogP contribution in [0.15, 0.2) is 18.2 Å². The number of aliphatic hydroxyl groups is 1. The summed E-state index contributed by atoms with van der Waals surface area (Å²) in [5.74, 6) is -0.504. The second kappa shape index (κ2) is 6.32. The Morgan fingerprint density at radius 1 is 1.59 bits per heavy atom. The maximum Gasteiger partial charge on any atom is 0.337 e. The van der Waals surface area contributed by atoms with Gasteiger partial charge < -0.3 is 20.3 Å². The summed E-state index contributed by atoms with van der Waals surface area (Å²) >= 11 is 5.43. The standard InChI is InChI=1S/C11H14ClNO4/c1-17-11(16)7-2-3-9(10(15)4-7)13-6-8(14)5-12/h2-4,8,13-15H,5-6H2,1H3. The summed E-state index contributed by atoms with van der Waals surface area (Å²) in [4.78, 5) is 11.2. The van der Waals surface area contributed by atoms with Gasteiger partial charge in [-0.05, 0) is 18.2 Å². The molecular formula is C11H14ClNO4. The summed E-state index contributed by atoms with van der Waals surface area (Å²) in [6, 6.07) is 4.34. The topological polar surface area (TPSA) is 78.8 Å². The van der Waals surface area contributed by atoms with Crippen LogP contribution in [-0.4, -0.2) is 41.8 Å². The van der Waals surface area contributed by atoms with E-state index in [2.05, 4.69) is 10.1 Å². The number of aliphatic hydroxyl groups excluding tert-OH is 1. The monoisotopic (exact) mass is 259 g/mol. The molecule has 1 aromatic rings. The number of hydrogen-bond donors (Lipinski definition) is 3. The van der Waals surface area contributed by atoms with Crippen LogP contribution in [0.2, 0.25) is 0 Å². The normalized spacial score (nSPS) is 11.9. The van der Waals surface area contributed by atoms with Crippen molar-refractivity contribution in [3.63, 3.8) is 0 Å². The lowest BCUT2D eigenvalue weighted by Crippen LogP contribution is -2.20. The summed E-state index contributed by atoms with van der Waals surface area (Å²) in [6.45, 7) is 0.217. The van der Waals surface area contributed by atoms with Crippen LogP contribution in [-0.2, 0) is 4.74 Å². The van der Waals surface area contributed by atoms with Gasteiger partial charge in [-0.2, -0.15) is 0 Å². The van der Waals surface area contributed by atoms with Crippen LogP contribution in [0.1, 0.15) is 10.4 Å². The van der Waals surface area contributed by atoms with Crippen molar-refractivity contribution in [2.45, 2.75) is 6.10 Å². The minimum Gasteiger partial charge on any atom is -0.506 e. The molecule has 1 rings (SSSR count). The lowest BCUT2D eigenvalue weighted by Gasteiger charge is -2.11. The van der Waals surface area contributed by atoms with Crippen LogP contribution in [0.5, 0.6) is 5.75 Å². The molecule has 1 unspecified atom stereocenters. The Balaban J connectivity index is 2.73. The van der Waals surface area contributed by atoms with E-state index in [-0.39, 0.29) is 23.7 Å². The van der Waals surface area contributed by atoms with E-state index in [4.69, 9.17) is 11.6 Å². The molecule has 0 spiro atoms. The van der Waals surface area contributed by atoms with E-state index in [9.17, 15) is 15.0 Å². The second-order valence-corrected chi connectivity index (χ2v) is 3.72. The first kappa shape index (κ1) is 13.6. The molecule has 0 aromatic heterocycles. The van der Waals surface area contributed by atoms with Gasteiger partial charge in [0.1, 0.15) is 5.75 Å². The Hall–Kier alpha value is -1.46. The van der Waals surface area contributed by atoms with Crippen LogP contribution in [0.25, 0.3) is 0 Å². The van der Waals surface area contributed by atoms with Crippen molar-refractivity contribution in [2.75, 3.05) is 24.9 Å². The fourth-order valence-electron chi connectivity index (χ4n) is 1.21. The molecule has 0 fully saturated rings. The predicted molar refractivity (Wildman–Crippen MR) is 64.7 cm³/mol. The lowest BCUT2D eigenvalue weighted by atomic mass is 10.2. The van der Waals surface area contributed by atoms with Crippen molar-refractivity contribution >= 4 is 23.3 Å². The molecule has 0 aliphatic carbocycles. The van der Waals surface area contributed by atoms with E-state index in [1.54, 1.807) is 0 Å². The molecule has 5 nitrogen and oxygen atoms in total. The molecule has 17 heavy (non-hydrogen) atoms. The number of alkyl halides is 1. The van der Waals surface area contributed by atoms with E-state index < -0.39 is 12.1 Å². The summed E-state index contributed by atoms with van der Waals surface area (Å²) in [7, 11) is 1.27. The molecule has 0 amide bonds. The van der Waals surface area contributed by atoms with Crippen LogP contribution in [0, 0.1) is 0 Å². The molecule has 0 radical (unpaired) electrons. The molecule has 0 saturated carbocycles. The molecule has 6 heteroatoms. The summed E-state index contributed by atoms with van der Waals surface area (Å²) in [5, 5.41) is 21.7. The number of aromatic hydroxyl groups is 1. The molecule has 0 heterocycles. The maximum atomic E-state index is 11.2. The van der Waals surface area contributed by atoms with Gasteiger partial charge in [0.05, 0.1) is 30.3 Å². The summed E-state index contributed by atoms with van der Waals surface area (Å²) in [6.07, 6.45) is -0.698. The number of nitrogens with one attached hydrogen (secondary N) is 1. The van der Waals surface area contributed by atoms with Crippen molar-refractivity contribution in [3.05, 3.63) is 23.8 Å². The highest BCUT2D eigenvalue weighted by atomic mass is 35.5. The molecule has 1 aromatic carbocycles. The highest BCUT2D eigenvalue weighted by Gasteiger charge is 2.10. The number of carbonyl (C=O) groups excluding carboxylic acids is 1. The number of carbonyl (C=O) groups is 1. The first-order valence-corrected chi connectivity index (χ1v) is 5.51. The van der Waals surface area contributed by atoms with E-state index in [0.717, 1.165) is 0 Å². The highest BCUT2D eigenvalue weighted by Crippen LogP contribution is 2.24. The van der Waals surface area contributed by atoms with Gasteiger partial charge in [0.15, 0.2) is 0 Å². The van der Waals surface area contributed by atoms with Gasteiger partial charge in [0, 0.05) is 6.54 Å². The zero-order valence-corrected chi connectivity index (χ0v) is 10.1. The first-order chi connectivity index (χ1) is 8.08. The van der Waals surface area contributed by atoms with Gasteiger partial charge in [-0.1, -0.05) is 0 Å². The van der Waals surface area contributed by atoms with Crippen molar-refractivity contribution in [1.29, 1.82) is 0 Å². The Morgan fingerprint density at radius 2 is 2.29 bits per heavy atom. The van der Waals surface area contributed by atoms with E-state index in [0.29, 0.717) is 5.69 Å². The number of esters is 1. The second-order valence-electron chi connectivity index (χ2n) is 3.41. The zero-order chi connectivity index (χ0) is 12.8. The number of phenolic OH excluding ortho intramolecular Hbond substituents is 1. The Morgan fingerprint density at radius 3 is 2.82 bits per heavy atom. The average molecular weight is 260 g/mol. The number of rotatable bonds is 5. The van der Waals surface area contributed by atoms with Gasteiger partial charge >= 0.3 is 5.97 Å². The van der Waals surface area contributed by atoms with Crippen molar-refractivity contribution < 1.29 is 19.7 Å². The van der Waals surface area contributed by atoms with E-state index >= 15 is 0 Å². The number of methoxy groups -OCH3 is 1. The molecule has 0 aliphatic rings. The molecule has 0 bridgehead atoms. The maximum absolute atomic E-state index is 11.2. The minimum absolute atomic E-state index is 0.0883. The molecule has 0 saturated heterocycles. The van der Waals surface area contributed by atoms with E-state index in [1.165, 1.54) is 25.3 Å². The zero-order valence-electron chi connectivity index (χ0n) is 9.31. The highest BCUT2D eigenvalue weighted by molar-refractivity contribution is 6.18. The predicted octanol–water partition coefficient (Wildman–Crippen LogP) is 1.19. The van der Waals surface area contributed by atoms with Gasteiger partial charge in [0.2, 0.25) is 0 Å². The number of hydrogen-bond acceptors (Lipinski definition) is 5. The Bertz CT molecular complexity index is 397.